The smallest absolute Gasteiger partial charge is 0.233 e. The van der Waals surface area contributed by atoms with Crippen molar-refractivity contribution in [1.82, 2.24) is 25.5 Å². The predicted molar refractivity (Wildman–Crippen MR) is 98.8 cm³/mol. The molecule has 0 radical (unpaired) electrons. The van der Waals surface area contributed by atoms with Crippen LogP contribution < -0.4 is 14.8 Å². The molecule has 1 atom stereocenters. The van der Waals surface area contributed by atoms with Crippen LogP contribution in [0.2, 0.25) is 0 Å². The highest BCUT2D eigenvalue weighted by molar-refractivity contribution is 8.00. The number of ether oxygens (including phenoxy) is 2. The van der Waals surface area contributed by atoms with Gasteiger partial charge in [0.2, 0.25) is 17.9 Å². The average Bonchev–Trinajstić information content (AvgIpc) is 3.34. The molecule has 8 nitrogen and oxygen atoms in total. The van der Waals surface area contributed by atoms with E-state index in [2.05, 4.69) is 20.8 Å². The molecular weight excluding hydrogens is 385 g/mol. The van der Waals surface area contributed by atoms with Crippen LogP contribution in [0.5, 0.6) is 11.5 Å². The summed E-state index contributed by atoms with van der Waals surface area (Å²) in [6.07, 6.45) is 0. The van der Waals surface area contributed by atoms with Crippen LogP contribution >= 0.6 is 11.8 Å². The molecule has 2 aromatic carbocycles. The summed E-state index contributed by atoms with van der Waals surface area (Å²) in [6.45, 7) is 2.32. The standard InChI is InChI=1S/C18H16FN5O3S/c1-11(17(25)20-9-12-5-6-15-16(7-12)27-10-26-15)28-18-21-22-23-24(18)14-4-2-3-13(19)8-14/h2-8,11H,9-10H2,1H3,(H,20,25)/t11-/m0/s1. The molecule has 28 heavy (non-hydrogen) atoms. The number of halogens is 1. The maximum atomic E-state index is 13.5. The van der Waals surface area contributed by atoms with Crippen molar-refractivity contribution < 1.29 is 18.7 Å². The van der Waals surface area contributed by atoms with Gasteiger partial charge in [-0.25, -0.2) is 4.39 Å². The maximum Gasteiger partial charge on any atom is 0.233 e. The number of nitrogens with zero attached hydrogens (tertiary/aromatic N) is 4. The summed E-state index contributed by atoms with van der Waals surface area (Å²) in [5.41, 5.74) is 1.39. The quantitative estimate of drug-likeness (QED) is 0.634. The van der Waals surface area contributed by atoms with Crippen LogP contribution in [0.25, 0.3) is 5.69 Å². The first-order chi connectivity index (χ1) is 13.6. The Morgan fingerprint density at radius 1 is 1.29 bits per heavy atom. The highest BCUT2D eigenvalue weighted by atomic mass is 32.2. The zero-order valence-electron chi connectivity index (χ0n) is 14.8. The van der Waals surface area contributed by atoms with Gasteiger partial charge in [0.25, 0.3) is 0 Å². The molecule has 144 valence electrons. The van der Waals surface area contributed by atoms with E-state index < -0.39 is 11.1 Å². The Hall–Kier alpha value is -3.14. The summed E-state index contributed by atoms with van der Waals surface area (Å²) in [6, 6.07) is 11.4. The molecule has 0 unspecified atom stereocenters. The fraction of sp³-hybridized carbons (Fsp3) is 0.222. The van der Waals surface area contributed by atoms with Gasteiger partial charge in [0.05, 0.1) is 10.9 Å². The Morgan fingerprint density at radius 2 is 2.14 bits per heavy atom. The van der Waals surface area contributed by atoms with Crippen molar-refractivity contribution in [3.8, 4) is 17.2 Å². The molecular formula is C18H16FN5O3S. The largest absolute Gasteiger partial charge is 0.454 e. The summed E-state index contributed by atoms with van der Waals surface area (Å²) in [5.74, 6) is 0.807. The molecule has 3 aromatic rings. The molecule has 4 rings (SSSR count). The lowest BCUT2D eigenvalue weighted by atomic mass is 10.2. The molecule has 1 aliphatic heterocycles. The van der Waals surface area contributed by atoms with Crippen molar-refractivity contribution in [2.24, 2.45) is 0 Å². The summed E-state index contributed by atoms with van der Waals surface area (Å²) < 4.78 is 25.5. The van der Waals surface area contributed by atoms with E-state index in [0.717, 1.165) is 5.56 Å². The van der Waals surface area contributed by atoms with Gasteiger partial charge in [-0.1, -0.05) is 23.9 Å². The fourth-order valence-electron chi connectivity index (χ4n) is 2.62. The first-order valence-electron chi connectivity index (χ1n) is 8.47. The Bertz CT molecular complexity index is 1010. The second-order valence-corrected chi connectivity index (χ2v) is 7.33. The van der Waals surface area contributed by atoms with Gasteiger partial charge in [0.15, 0.2) is 11.5 Å². The summed E-state index contributed by atoms with van der Waals surface area (Å²) >= 11 is 1.19. The van der Waals surface area contributed by atoms with Crippen LogP contribution in [0.15, 0.2) is 47.6 Å². The number of carbonyl (C=O) groups is 1. The lowest BCUT2D eigenvalue weighted by Crippen LogP contribution is -2.30. The Balaban J connectivity index is 1.38. The third kappa shape index (κ3) is 3.91. The molecule has 2 heterocycles. The summed E-state index contributed by atoms with van der Waals surface area (Å²) in [4.78, 5) is 12.5. The Kier molecular flexibility index (Phi) is 5.11. The fourth-order valence-corrected chi connectivity index (χ4v) is 3.45. The van der Waals surface area contributed by atoms with E-state index in [-0.39, 0.29) is 12.7 Å². The van der Waals surface area contributed by atoms with E-state index in [1.54, 1.807) is 19.1 Å². The minimum absolute atomic E-state index is 0.170. The normalized spacial score (nSPS) is 13.4. The van der Waals surface area contributed by atoms with Gasteiger partial charge in [0.1, 0.15) is 5.82 Å². The highest BCUT2D eigenvalue weighted by Gasteiger charge is 2.20. The number of amides is 1. The number of carbonyl (C=O) groups excluding carboxylic acids is 1. The number of aromatic nitrogens is 4. The van der Waals surface area contributed by atoms with Crippen molar-refractivity contribution in [2.45, 2.75) is 23.9 Å². The molecule has 1 aromatic heterocycles. The topological polar surface area (TPSA) is 91.2 Å². The lowest BCUT2D eigenvalue weighted by molar-refractivity contribution is -0.120. The van der Waals surface area contributed by atoms with Crippen LogP contribution in [0.1, 0.15) is 12.5 Å². The van der Waals surface area contributed by atoms with Crippen LogP contribution in [0.4, 0.5) is 4.39 Å². The second-order valence-electron chi connectivity index (χ2n) is 6.02. The van der Waals surface area contributed by atoms with Crippen LogP contribution in [-0.2, 0) is 11.3 Å². The third-order valence-electron chi connectivity index (χ3n) is 4.05. The van der Waals surface area contributed by atoms with Gasteiger partial charge in [-0.2, -0.15) is 4.68 Å². The van der Waals surface area contributed by atoms with Gasteiger partial charge < -0.3 is 14.8 Å². The number of thioether (sulfide) groups is 1. The van der Waals surface area contributed by atoms with Crippen molar-refractivity contribution in [3.63, 3.8) is 0 Å². The van der Waals surface area contributed by atoms with Crippen LogP contribution in [-0.4, -0.2) is 38.2 Å². The zero-order chi connectivity index (χ0) is 19.5. The van der Waals surface area contributed by atoms with Crippen LogP contribution in [0, 0.1) is 5.82 Å². The second kappa shape index (κ2) is 7.85. The van der Waals surface area contributed by atoms with E-state index in [9.17, 15) is 9.18 Å². The van der Waals surface area contributed by atoms with Crippen molar-refractivity contribution in [2.75, 3.05) is 6.79 Å². The molecule has 0 fully saturated rings. The highest BCUT2D eigenvalue weighted by Crippen LogP contribution is 2.32. The van der Waals surface area contributed by atoms with E-state index >= 15 is 0 Å². The number of hydrogen-bond acceptors (Lipinski definition) is 7. The third-order valence-corrected chi connectivity index (χ3v) is 5.08. The molecule has 1 N–H and O–H groups in total. The average molecular weight is 401 g/mol. The van der Waals surface area contributed by atoms with Crippen LogP contribution in [0.3, 0.4) is 0 Å². The SMILES string of the molecule is C[C@H](Sc1nnnn1-c1cccc(F)c1)C(=O)NCc1ccc2c(c1)OCO2. The van der Waals surface area contributed by atoms with Gasteiger partial charge in [-0.3, -0.25) is 4.79 Å². The van der Waals surface area contributed by atoms with E-state index in [0.29, 0.717) is 28.9 Å². The Morgan fingerprint density at radius 3 is 3.00 bits per heavy atom. The summed E-state index contributed by atoms with van der Waals surface area (Å²) in [7, 11) is 0. The molecule has 0 aliphatic carbocycles. The monoisotopic (exact) mass is 401 g/mol. The molecule has 10 heteroatoms. The number of benzene rings is 2. The van der Waals surface area contributed by atoms with Crippen molar-refractivity contribution >= 4 is 17.7 Å². The van der Waals surface area contributed by atoms with Gasteiger partial charge >= 0.3 is 0 Å². The minimum Gasteiger partial charge on any atom is -0.454 e. The Labute approximate surface area is 164 Å². The van der Waals surface area contributed by atoms with Gasteiger partial charge in [-0.05, 0) is 53.2 Å². The van der Waals surface area contributed by atoms with Gasteiger partial charge in [-0.15, -0.1) is 5.10 Å². The molecule has 0 saturated heterocycles. The number of hydrogen-bond donors (Lipinski definition) is 1. The number of rotatable bonds is 6. The number of fused-ring (bicyclic) bond motifs is 1. The number of nitrogens with one attached hydrogen (secondary N) is 1. The molecule has 0 saturated carbocycles. The van der Waals surface area contributed by atoms with E-state index in [1.807, 2.05) is 18.2 Å². The first-order valence-corrected chi connectivity index (χ1v) is 9.35. The minimum atomic E-state index is -0.452. The zero-order valence-corrected chi connectivity index (χ0v) is 15.6. The maximum absolute atomic E-state index is 13.5. The first kappa shape index (κ1) is 18.2. The molecule has 1 amide bonds. The molecule has 1 aliphatic rings. The van der Waals surface area contributed by atoms with E-state index in [4.69, 9.17) is 9.47 Å². The van der Waals surface area contributed by atoms with Crippen molar-refractivity contribution in [1.29, 1.82) is 0 Å². The molecule has 0 spiro atoms. The molecule has 0 bridgehead atoms. The van der Waals surface area contributed by atoms with E-state index in [1.165, 1.54) is 28.6 Å². The number of tetrazole rings is 1. The van der Waals surface area contributed by atoms with Gasteiger partial charge in [0, 0.05) is 6.54 Å². The lowest BCUT2D eigenvalue weighted by Gasteiger charge is -2.12. The van der Waals surface area contributed by atoms with Crippen molar-refractivity contribution in [3.05, 3.63) is 53.8 Å². The summed E-state index contributed by atoms with van der Waals surface area (Å²) in [5, 5.41) is 14.3. The predicted octanol–water partition coefficient (Wildman–Crippen LogP) is 2.33.